The second-order valence-electron chi connectivity index (χ2n) is 5.39. The van der Waals surface area contributed by atoms with Crippen LogP contribution in [0, 0.1) is 0 Å². The molecule has 3 aromatic heterocycles. The Labute approximate surface area is 156 Å². The van der Waals surface area contributed by atoms with Crippen molar-refractivity contribution in [3.05, 3.63) is 63.8 Å². The van der Waals surface area contributed by atoms with E-state index in [9.17, 15) is 9.90 Å². The van der Waals surface area contributed by atoms with Crippen molar-refractivity contribution >= 4 is 50.1 Å². The maximum Gasteiger partial charge on any atom is 0.280 e. The maximum atomic E-state index is 12.3. The third-order valence-electron chi connectivity index (χ3n) is 3.66. The van der Waals surface area contributed by atoms with E-state index in [4.69, 9.17) is 0 Å². The average molecular weight is 387 g/mol. The molecule has 1 atom stereocenters. The van der Waals surface area contributed by atoms with Gasteiger partial charge in [0.15, 0.2) is 5.01 Å². The lowest BCUT2D eigenvalue weighted by molar-refractivity contribution is 0.0918. The fourth-order valence-corrected chi connectivity index (χ4v) is 5.13. The van der Waals surface area contributed by atoms with E-state index < -0.39 is 6.10 Å². The Kier molecular flexibility index (Phi) is 4.63. The molecule has 0 saturated carbocycles. The zero-order valence-electron chi connectivity index (χ0n) is 13.0. The number of carbonyl (C=O) groups is 1. The van der Waals surface area contributed by atoms with Crippen LogP contribution >= 0.6 is 34.0 Å². The smallest absolute Gasteiger partial charge is 0.280 e. The summed E-state index contributed by atoms with van der Waals surface area (Å²) in [6, 6.07) is 15.6. The van der Waals surface area contributed by atoms with Crippen LogP contribution in [0.25, 0.3) is 20.0 Å². The first kappa shape index (κ1) is 16.4. The SMILES string of the molecule is O=C(NCC(O)c1ccc(-c2cccs2)s1)c1nc2ccccc2s1. The number of thiazole rings is 1. The van der Waals surface area contributed by atoms with Gasteiger partial charge in [0.2, 0.25) is 0 Å². The third kappa shape index (κ3) is 3.50. The van der Waals surface area contributed by atoms with Crippen molar-refractivity contribution in [1.29, 1.82) is 0 Å². The standard InChI is InChI=1S/C18H14N2O2S3/c21-12(14-7-8-16(24-14)15-6-3-9-23-15)10-19-17(22)18-20-11-4-1-2-5-13(11)25-18/h1-9,12,21H,10H2,(H,19,22). The summed E-state index contributed by atoms with van der Waals surface area (Å²) in [5, 5.41) is 15.6. The molecule has 0 spiro atoms. The summed E-state index contributed by atoms with van der Waals surface area (Å²) < 4.78 is 0.979. The summed E-state index contributed by atoms with van der Waals surface area (Å²) in [7, 11) is 0. The van der Waals surface area contributed by atoms with Crippen molar-refractivity contribution in [1.82, 2.24) is 10.3 Å². The fraction of sp³-hybridized carbons (Fsp3) is 0.111. The van der Waals surface area contributed by atoms with E-state index in [1.807, 2.05) is 47.8 Å². The number of aromatic nitrogens is 1. The Morgan fingerprint density at radius 2 is 1.96 bits per heavy atom. The molecule has 0 aliphatic carbocycles. The molecule has 0 radical (unpaired) electrons. The lowest BCUT2D eigenvalue weighted by Crippen LogP contribution is -2.27. The molecule has 4 nitrogen and oxygen atoms in total. The summed E-state index contributed by atoms with van der Waals surface area (Å²) in [5.74, 6) is -0.254. The molecule has 1 unspecified atom stereocenters. The third-order valence-corrected chi connectivity index (χ3v) is 6.95. The molecule has 4 rings (SSSR count). The Morgan fingerprint density at radius 3 is 2.76 bits per heavy atom. The van der Waals surface area contributed by atoms with Crippen LogP contribution in [0.4, 0.5) is 0 Å². The Morgan fingerprint density at radius 1 is 1.08 bits per heavy atom. The largest absolute Gasteiger partial charge is 0.386 e. The number of hydrogen-bond donors (Lipinski definition) is 2. The minimum Gasteiger partial charge on any atom is -0.386 e. The summed E-state index contributed by atoms with van der Waals surface area (Å²) in [6.07, 6.45) is -0.725. The number of carbonyl (C=O) groups excluding carboxylic acids is 1. The highest BCUT2D eigenvalue weighted by molar-refractivity contribution is 7.21. The molecule has 25 heavy (non-hydrogen) atoms. The van der Waals surface area contributed by atoms with Crippen molar-refractivity contribution in [2.24, 2.45) is 0 Å². The zero-order chi connectivity index (χ0) is 17.2. The van der Waals surface area contributed by atoms with Gasteiger partial charge < -0.3 is 10.4 Å². The number of rotatable bonds is 5. The highest BCUT2D eigenvalue weighted by atomic mass is 32.1. The molecule has 0 bridgehead atoms. The first-order valence-corrected chi connectivity index (χ1v) is 10.2. The first-order valence-electron chi connectivity index (χ1n) is 7.66. The number of hydrogen-bond acceptors (Lipinski definition) is 6. The Bertz CT molecular complexity index is 971. The van der Waals surface area contributed by atoms with E-state index >= 15 is 0 Å². The zero-order valence-corrected chi connectivity index (χ0v) is 15.5. The fourth-order valence-electron chi connectivity index (χ4n) is 2.42. The summed E-state index contributed by atoms with van der Waals surface area (Å²) in [5.41, 5.74) is 0.817. The average Bonchev–Trinajstić information content (AvgIpc) is 3.38. The monoisotopic (exact) mass is 386 g/mol. The normalized spacial score (nSPS) is 12.4. The van der Waals surface area contributed by atoms with Crippen molar-refractivity contribution in [2.45, 2.75) is 6.10 Å². The maximum absolute atomic E-state index is 12.3. The first-order chi connectivity index (χ1) is 12.2. The number of benzene rings is 1. The van der Waals surface area contributed by atoms with Gasteiger partial charge >= 0.3 is 0 Å². The van der Waals surface area contributed by atoms with Crippen molar-refractivity contribution in [2.75, 3.05) is 6.54 Å². The van der Waals surface area contributed by atoms with Crippen LogP contribution in [-0.4, -0.2) is 22.5 Å². The Balaban J connectivity index is 1.41. The number of amides is 1. The van der Waals surface area contributed by atoms with E-state index in [0.29, 0.717) is 5.01 Å². The molecule has 0 aliphatic heterocycles. The van der Waals surface area contributed by atoms with E-state index in [1.54, 1.807) is 22.7 Å². The van der Waals surface area contributed by atoms with Crippen LogP contribution in [0.2, 0.25) is 0 Å². The Hall–Kier alpha value is -2.06. The predicted molar refractivity (Wildman–Crippen MR) is 105 cm³/mol. The van der Waals surface area contributed by atoms with Crippen LogP contribution in [0.3, 0.4) is 0 Å². The van der Waals surface area contributed by atoms with Crippen LogP contribution in [0.1, 0.15) is 20.8 Å². The van der Waals surface area contributed by atoms with Gasteiger partial charge in [-0.2, -0.15) is 0 Å². The number of nitrogens with one attached hydrogen (secondary N) is 1. The number of nitrogens with zero attached hydrogens (tertiary/aromatic N) is 1. The number of thiophene rings is 2. The summed E-state index contributed by atoms with van der Waals surface area (Å²) >= 11 is 4.57. The van der Waals surface area contributed by atoms with Gasteiger partial charge in [-0.25, -0.2) is 4.98 Å². The summed E-state index contributed by atoms with van der Waals surface area (Å²) in [6.45, 7) is 0.166. The van der Waals surface area contributed by atoms with Gasteiger partial charge in [0, 0.05) is 21.2 Å². The van der Waals surface area contributed by atoms with Crippen molar-refractivity contribution < 1.29 is 9.90 Å². The van der Waals surface area contributed by atoms with Crippen LogP contribution in [0.15, 0.2) is 53.9 Å². The van der Waals surface area contributed by atoms with E-state index in [0.717, 1.165) is 20.0 Å². The van der Waals surface area contributed by atoms with Crippen LogP contribution in [0.5, 0.6) is 0 Å². The quantitative estimate of drug-likeness (QED) is 0.529. The molecule has 4 aromatic rings. The van der Waals surface area contributed by atoms with E-state index in [2.05, 4.69) is 16.4 Å². The number of aliphatic hydroxyl groups is 1. The lowest BCUT2D eigenvalue weighted by atomic mass is 10.3. The van der Waals surface area contributed by atoms with Gasteiger partial charge in [0.1, 0.15) is 6.10 Å². The minimum atomic E-state index is -0.725. The van der Waals surface area contributed by atoms with Crippen LogP contribution in [-0.2, 0) is 0 Å². The molecule has 2 N–H and O–H groups in total. The second kappa shape index (κ2) is 7.05. The van der Waals surface area contributed by atoms with E-state index in [-0.39, 0.29) is 12.5 Å². The van der Waals surface area contributed by atoms with Gasteiger partial charge in [-0.15, -0.1) is 34.0 Å². The van der Waals surface area contributed by atoms with Gasteiger partial charge in [0.25, 0.3) is 5.91 Å². The lowest BCUT2D eigenvalue weighted by Gasteiger charge is -2.09. The van der Waals surface area contributed by atoms with Gasteiger partial charge in [0.05, 0.1) is 10.2 Å². The molecule has 1 aromatic carbocycles. The number of aliphatic hydroxyl groups excluding tert-OH is 1. The highest BCUT2D eigenvalue weighted by Gasteiger charge is 2.16. The van der Waals surface area contributed by atoms with Gasteiger partial charge in [-0.1, -0.05) is 18.2 Å². The molecule has 0 aliphatic rings. The molecule has 3 heterocycles. The molecule has 7 heteroatoms. The number of para-hydroxylation sites is 1. The molecule has 1 amide bonds. The molecule has 126 valence electrons. The molecule has 0 saturated heterocycles. The molecular weight excluding hydrogens is 372 g/mol. The molecular formula is C18H14N2O2S3. The molecule has 0 fully saturated rings. The van der Waals surface area contributed by atoms with E-state index in [1.165, 1.54) is 16.2 Å². The highest BCUT2D eigenvalue weighted by Crippen LogP contribution is 2.33. The topological polar surface area (TPSA) is 62.2 Å². The van der Waals surface area contributed by atoms with Crippen molar-refractivity contribution in [3.8, 4) is 9.75 Å². The van der Waals surface area contributed by atoms with Gasteiger partial charge in [-0.05, 0) is 35.7 Å². The minimum absolute atomic E-state index is 0.166. The predicted octanol–water partition coefficient (Wildman–Crippen LogP) is 4.55. The van der Waals surface area contributed by atoms with Crippen LogP contribution < -0.4 is 5.32 Å². The van der Waals surface area contributed by atoms with Gasteiger partial charge in [-0.3, -0.25) is 4.79 Å². The second-order valence-corrected chi connectivity index (χ2v) is 8.49. The van der Waals surface area contributed by atoms with Crippen molar-refractivity contribution in [3.63, 3.8) is 0 Å². The summed E-state index contributed by atoms with van der Waals surface area (Å²) in [4.78, 5) is 19.8. The number of fused-ring (bicyclic) bond motifs is 1.